The molecule has 0 radical (unpaired) electrons. The number of benzene rings is 1. The number of rotatable bonds is 2. The van der Waals surface area contributed by atoms with Gasteiger partial charge in [-0.15, -0.1) is 0 Å². The van der Waals surface area contributed by atoms with Gasteiger partial charge in [-0.1, -0.05) is 11.6 Å². The molecule has 1 aromatic heterocycles. The Morgan fingerprint density at radius 2 is 2.11 bits per heavy atom. The van der Waals surface area contributed by atoms with Gasteiger partial charge in [0.25, 0.3) is 5.91 Å². The first-order chi connectivity index (χ1) is 9.06. The van der Waals surface area contributed by atoms with Gasteiger partial charge in [-0.3, -0.25) is 10.1 Å². The number of aromatic nitrogens is 1. The molecule has 3 rings (SSSR count). The van der Waals surface area contributed by atoms with E-state index >= 15 is 0 Å². The first-order valence-corrected chi connectivity index (χ1v) is 5.99. The van der Waals surface area contributed by atoms with Crippen LogP contribution in [0.5, 0.6) is 0 Å². The predicted molar refractivity (Wildman–Crippen MR) is 67.4 cm³/mol. The summed E-state index contributed by atoms with van der Waals surface area (Å²) in [4.78, 5) is 25.4. The molecule has 1 atom stereocenters. The number of urea groups is 1. The number of fused-ring (bicyclic) bond motifs is 1. The molecule has 0 bridgehead atoms. The van der Waals surface area contributed by atoms with E-state index in [9.17, 15) is 14.0 Å². The second-order valence-corrected chi connectivity index (χ2v) is 4.72. The predicted octanol–water partition coefficient (Wildman–Crippen LogP) is 1.71. The number of nitrogens with one attached hydrogen (secondary N) is 3. The normalized spacial score (nSPS) is 18.7. The van der Waals surface area contributed by atoms with Crippen molar-refractivity contribution in [3.05, 3.63) is 34.7 Å². The maximum Gasteiger partial charge on any atom is 0.322 e. The van der Waals surface area contributed by atoms with Crippen LogP contribution < -0.4 is 10.6 Å². The van der Waals surface area contributed by atoms with Crippen LogP contribution >= 0.6 is 11.6 Å². The standard InChI is InChI=1S/C12H9ClFN3O2/c13-6-1-2-7(14)9-5(4-15-10(6)9)3-8-11(18)17-12(19)16-8/h1-2,4,8,15H,3H2,(H2,16,17,18,19)/t8-/m1/s1. The van der Waals surface area contributed by atoms with Crippen molar-refractivity contribution in [3.63, 3.8) is 0 Å². The first kappa shape index (κ1) is 12.0. The fourth-order valence-corrected chi connectivity index (χ4v) is 2.43. The summed E-state index contributed by atoms with van der Waals surface area (Å²) in [5.74, 6) is -0.831. The van der Waals surface area contributed by atoms with E-state index in [1.165, 1.54) is 12.1 Å². The SMILES string of the molecule is O=C1NC(=O)[C@@H](Cc2c[nH]c3c(Cl)ccc(F)c23)N1. The highest BCUT2D eigenvalue weighted by atomic mass is 35.5. The number of carbonyl (C=O) groups is 2. The van der Waals surface area contributed by atoms with Gasteiger partial charge in [0, 0.05) is 18.0 Å². The average Bonchev–Trinajstić information content (AvgIpc) is 2.90. The van der Waals surface area contributed by atoms with Crippen molar-refractivity contribution < 1.29 is 14.0 Å². The van der Waals surface area contributed by atoms with Crippen LogP contribution in [0.25, 0.3) is 10.9 Å². The smallest absolute Gasteiger partial charge is 0.322 e. The van der Waals surface area contributed by atoms with Gasteiger partial charge in [0.15, 0.2) is 0 Å². The zero-order chi connectivity index (χ0) is 13.6. The molecule has 5 nitrogen and oxygen atoms in total. The molecule has 0 saturated carbocycles. The van der Waals surface area contributed by atoms with Gasteiger partial charge in [-0.05, 0) is 17.7 Å². The Kier molecular flexibility index (Phi) is 2.67. The van der Waals surface area contributed by atoms with E-state index in [2.05, 4.69) is 15.6 Å². The molecule has 3 amide bonds. The van der Waals surface area contributed by atoms with Crippen LogP contribution in [-0.2, 0) is 11.2 Å². The highest BCUT2D eigenvalue weighted by Gasteiger charge is 2.30. The van der Waals surface area contributed by atoms with E-state index < -0.39 is 23.8 Å². The largest absolute Gasteiger partial charge is 0.360 e. The van der Waals surface area contributed by atoms with E-state index in [1.807, 2.05) is 0 Å². The lowest BCUT2D eigenvalue weighted by Crippen LogP contribution is -2.31. The Bertz CT molecular complexity index is 698. The third-order valence-corrected chi connectivity index (χ3v) is 3.41. The molecule has 0 spiro atoms. The average molecular weight is 282 g/mol. The van der Waals surface area contributed by atoms with Gasteiger partial charge in [0.05, 0.1) is 10.5 Å². The van der Waals surface area contributed by atoms with Crippen molar-refractivity contribution in [1.82, 2.24) is 15.6 Å². The van der Waals surface area contributed by atoms with Crippen LogP contribution in [-0.4, -0.2) is 23.0 Å². The maximum atomic E-state index is 13.8. The van der Waals surface area contributed by atoms with E-state index in [0.29, 0.717) is 21.5 Å². The van der Waals surface area contributed by atoms with Crippen molar-refractivity contribution in [3.8, 4) is 0 Å². The molecule has 1 aliphatic rings. The van der Waals surface area contributed by atoms with Crippen molar-refractivity contribution in [2.45, 2.75) is 12.5 Å². The Morgan fingerprint density at radius 3 is 2.79 bits per heavy atom. The molecule has 0 aliphatic carbocycles. The molecule has 1 aliphatic heterocycles. The van der Waals surface area contributed by atoms with Crippen LogP contribution in [0.3, 0.4) is 0 Å². The summed E-state index contributed by atoms with van der Waals surface area (Å²) < 4.78 is 13.8. The molecule has 1 fully saturated rings. The fourth-order valence-electron chi connectivity index (χ4n) is 2.22. The van der Waals surface area contributed by atoms with Crippen molar-refractivity contribution in [2.24, 2.45) is 0 Å². The third-order valence-electron chi connectivity index (χ3n) is 3.10. The zero-order valence-corrected chi connectivity index (χ0v) is 10.3. The number of amides is 3. The van der Waals surface area contributed by atoms with Gasteiger partial charge in [-0.25, -0.2) is 9.18 Å². The summed E-state index contributed by atoms with van der Waals surface area (Å²) in [6.45, 7) is 0. The molecule has 1 aromatic carbocycles. The molecule has 3 N–H and O–H groups in total. The lowest BCUT2D eigenvalue weighted by atomic mass is 10.0. The van der Waals surface area contributed by atoms with Crippen molar-refractivity contribution >= 4 is 34.4 Å². The highest BCUT2D eigenvalue weighted by Crippen LogP contribution is 2.28. The number of hydrogen-bond acceptors (Lipinski definition) is 2. The fraction of sp³-hybridized carbons (Fsp3) is 0.167. The van der Waals surface area contributed by atoms with Gasteiger partial charge in [0.2, 0.25) is 0 Å². The summed E-state index contributed by atoms with van der Waals surface area (Å²) >= 11 is 5.96. The maximum absolute atomic E-state index is 13.8. The van der Waals surface area contributed by atoms with Crippen LogP contribution in [0.4, 0.5) is 9.18 Å². The summed E-state index contributed by atoms with van der Waals surface area (Å²) in [5, 5.41) is 5.36. The van der Waals surface area contributed by atoms with Crippen LogP contribution in [0.2, 0.25) is 5.02 Å². The Morgan fingerprint density at radius 1 is 1.32 bits per heavy atom. The number of carbonyl (C=O) groups excluding carboxylic acids is 2. The molecular formula is C12H9ClFN3O2. The second-order valence-electron chi connectivity index (χ2n) is 4.31. The quantitative estimate of drug-likeness (QED) is 0.733. The summed E-state index contributed by atoms with van der Waals surface area (Å²) in [6.07, 6.45) is 1.80. The number of aromatic amines is 1. The minimum Gasteiger partial charge on any atom is -0.360 e. The van der Waals surface area contributed by atoms with E-state index in [0.717, 1.165) is 0 Å². The zero-order valence-electron chi connectivity index (χ0n) is 9.59. The van der Waals surface area contributed by atoms with E-state index in [-0.39, 0.29) is 6.42 Å². The minimum absolute atomic E-state index is 0.203. The number of H-pyrrole nitrogens is 1. The summed E-state index contributed by atoms with van der Waals surface area (Å²) in [6, 6.07) is 1.51. The molecule has 2 heterocycles. The van der Waals surface area contributed by atoms with Crippen molar-refractivity contribution in [2.75, 3.05) is 0 Å². The molecule has 98 valence electrons. The van der Waals surface area contributed by atoms with Crippen LogP contribution in [0, 0.1) is 5.82 Å². The Hall–Kier alpha value is -2.08. The highest BCUT2D eigenvalue weighted by molar-refractivity contribution is 6.35. The second kappa shape index (κ2) is 4.24. The third kappa shape index (κ3) is 1.94. The number of imide groups is 1. The van der Waals surface area contributed by atoms with Gasteiger partial charge in [-0.2, -0.15) is 0 Å². The lowest BCUT2D eigenvalue weighted by Gasteiger charge is -2.06. The van der Waals surface area contributed by atoms with E-state index in [4.69, 9.17) is 11.6 Å². The topological polar surface area (TPSA) is 74.0 Å². The molecule has 1 saturated heterocycles. The number of halogens is 2. The molecular weight excluding hydrogens is 273 g/mol. The summed E-state index contributed by atoms with van der Waals surface area (Å²) in [7, 11) is 0. The molecule has 19 heavy (non-hydrogen) atoms. The monoisotopic (exact) mass is 281 g/mol. The molecule has 2 aromatic rings. The Balaban J connectivity index is 2.00. The lowest BCUT2D eigenvalue weighted by molar-refractivity contribution is -0.120. The molecule has 7 heteroatoms. The number of hydrogen-bond donors (Lipinski definition) is 3. The van der Waals surface area contributed by atoms with Gasteiger partial charge >= 0.3 is 6.03 Å². The Labute approximate surface area is 112 Å². The van der Waals surface area contributed by atoms with Crippen molar-refractivity contribution in [1.29, 1.82) is 0 Å². The first-order valence-electron chi connectivity index (χ1n) is 5.61. The summed E-state index contributed by atoms with van der Waals surface area (Å²) in [5.41, 5.74) is 1.08. The van der Waals surface area contributed by atoms with Crippen LogP contribution in [0.15, 0.2) is 18.3 Å². The van der Waals surface area contributed by atoms with Crippen LogP contribution in [0.1, 0.15) is 5.56 Å². The minimum atomic E-state index is -0.690. The molecule has 0 unspecified atom stereocenters. The van der Waals surface area contributed by atoms with Gasteiger partial charge in [0.1, 0.15) is 11.9 Å². The van der Waals surface area contributed by atoms with Gasteiger partial charge < -0.3 is 10.3 Å². The van der Waals surface area contributed by atoms with E-state index in [1.54, 1.807) is 6.20 Å².